The smallest absolute Gasteiger partial charge is 0.407 e. The van der Waals surface area contributed by atoms with Crippen LogP contribution >= 0.6 is 22.9 Å². The molecule has 1 unspecified atom stereocenters. The van der Waals surface area contributed by atoms with Gasteiger partial charge >= 0.3 is 6.09 Å². The highest BCUT2D eigenvalue weighted by Gasteiger charge is 2.42. The molecule has 4 atom stereocenters. The van der Waals surface area contributed by atoms with Gasteiger partial charge in [-0.3, -0.25) is 14.9 Å². The monoisotopic (exact) mass is 652 g/mol. The molecule has 3 amide bonds. The lowest BCUT2D eigenvalue weighted by Gasteiger charge is -2.33. The summed E-state index contributed by atoms with van der Waals surface area (Å²) in [5.41, 5.74) is 4.00. The predicted octanol–water partition coefficient (Wildman–Crippen LogP) is 5.70. The summed E-state index contributed by atoms with van der Waals surface area (Å²) in [6, 6.07) is 9.62. The summed E-state index contributed by atoms with van der Waals surface area (Å²) in [4.78, 5) is 50.0. The number of halogens is 3. The minimum Gasteiger partial charge on any atom is -0.465 e. The molecule has 3 aliphatic heterocycles. The van der Waals surface area contributed by atoms with Gasteiger partial charge in [0.05, 0.1) is 25.1 Å². The molecule has 1 saturated heterocycles. The number of hydrogen-bond donors (Lipinski definition) is 2. The molecule has 4 aromatic rings. The fraction of sp³-hybridized carbons (Fsp3) is 0.323. The van der Waals surface area contributed by atoms with E-state index >= 15 is 0 Å². The van der Waals surface area contributed by atoms with Crippen LogP contribution in [0.4, 0.5) is 18.7 Å². The number of anilines is 1. The Morgan fingerprint density at radius 1 is 1.11 bits per heavy atom. The lowest BCUT2D eigenvalue weighted by molar-refractivity contribution is -0.121. The Labute approximate surface area is 265 Å². The molecule has 2 aromatic heterocycles. The SMILES string of the molecule is O=C(Nc1nccs1)C(c1ncn2c1C[C@@H](F)C2)N1Cc2c(Cl)cc(-c3ccc([C@H]4CCN(C(=O)O)C[C@@H]4F)cc3)cc2C1=O. The van der Waals surface area contributed by atoms with Crippen LogP contribution in [0.3, 0.4) is 0 Å². The number of carboxylic acid groups (broad SMARTS) is 1. The first-order chi connectivity index (χ1) is 21.7. The number of fused-ring (bicyclic) bond motifs is 2. The van der Waals surface area contributed by atoms with E-state index in [2.05, 4.69) is 15.3 Å². The van der Waals surface area contributed by atoms with Gasteiger partial charge in [0.1, 0.15) is 12.3 Å². The number of nitrogens with one attached hydrogen (secondary N) is 1. The molecule has 10 nitrogen and oxygen atoms in total. The fourth-order valence-electron chi connectivity index (χ4n) is 6.53. The van der Waals surface area contributed by atoms with Crippen molar-refractivity contribution < 1.29 is 28.3 Å². The minimum absolute atomic E-state index is 0.0560. The Morgan fingerprint density at radius 2 is 1.91 bits per heavy atom. The van der Waals surface area contributed by atoms with Crippen LogP contribution in [0.1, 0.15) is 51.3 Å². The normalized spacial score (nSPS) is 21.5. The second kappa shape index (κ2) is 11.5. The van der Waals surface area contributed by atoms with Crippen LogP contribution in [0.15, 0.2) is 54.3 Å². The maximum atomic E-state index is 14.9. The van der Waals surface area contributed by atoms with E-state index in [1.54, 1.807) is 28.3 Å². The van der Waals surface area contributed by atoms with Gasteiger partial charge in [0.15, 0.2) is 11.2 Å². The van der Waals surface area contributed by atoms with Crippen molar-refractivity contribution in [3.05, 3.63) is 87.4 Å². The summed E-state index contributed by atoms with van der Waals surface area (Å²) in [7, 11) is 0. The van der Waals surface area contributed by atoms with Gasteiger partial charge in [-0.1, -0.05) is 35.9 Å². The van der Waals surface area contributed by atoms with Crippen molar-refractivity contribution in [2.45, 2.75) is 50.2 Å². The van der Waals surface area contributed by atoms with Crippen molar-refractivity contribution in [2.24, 2.45) is 0 Å². The van der Waals surface area contributed by atoms with Gasteiger partial charge in [-0.05, 0) is 35.2 Å². The Balaban J connectivity index is 1.17. The zero-order valence-electron chi connectivity index (χ0n) is 23.7. The molecule has 3 aliphatic rings. The average molecular weight is 653 g/mol. The van der Waals surface area contributed by atoms with Gasteiger partial charge in [-0.2, -0.15) is 0 Å². The number of rotatable bonds is 6. The van der Waals surface area contributed by atoms with Gasteiger partial charge < -0.3 is 19.5 Å². The maximum Gasteiger partial charge on any atom is 0.407 e. The fourth-order valence-corrected chi connectivity index (χ4v) is 7.34. The summed E-state index contributed by atoms with van der Waals surface area (Å²) in [6.45, 7) is 0.291. The number of aromatic nitrogens is 3. The van der Waals surface area contributed by atoms with E-state index in [0.717, 1.165) is 16.0 Å². The Kier molecular flexibility index (Phi) is 7.52. The van der Waals surface area contributed by atoms with E-state index in [9.17, 15) is 28.3 Å². The van der Waals surface area contributed by atoms with E-state index in [0.29, 0.717) is 44.7 Å². The summed E-state index contributed by atoms with van der Waals surface area (Å²) in [5, 5.41) is 14.4. The molecule has 2 aromatic carbocycles. The van der Waals surface area contributed by atoms with Gasteiger partial charge in [0, 0.05) is 58.8 Å². The lowest BCUT2D eigenvalue weighted by atomic mass is 9.87. The summed E-state index contributed by atoms with van der Waals surface area (Å²) in [5.74, 6) is -1.34. The van der Waals surface area contributed by atoms with Crippen LogP contribution in [-0.4, -0.2) is 72.8 Å². The lowest BCUT2D eigenvalue weighted by Crippen LogP contribution is -2.43. The van der Waals surface area contributed by atoms with Gasteiger partial charge in [-0.25, -0.2) is 23.5 Å². The first-order valence-corrected chi connectivity index (χ1v) is 15.7. The number of imidazole rings is 1. The van der Waals surface area contributed by atoms with E-state index in [4.69, 9.17) is 11.6 Å². The topological polar surface area (TPSA) is 121 Å². The molecular formula is C31H27ClF2N6O4S. The van der Waals surface area contributed by atoms with Gasteiger partial charge in [0.2, 0.25) is 0 Å². The van der Waals surface area contributed by atoms with Crippen LogP contribution in [0.25, 0.3) is 11.1 Å². The standard InChI is InChI=1S/C31H27ClF2N6O4S/c32-23-10-18(16-1-3-17(4-2-16)20-5-7-38(31(43)44)14-24(20)34)9-21-22(23)13-40(29(21)42)27(28(41)37-30-35-6-8-45-30)26-25-11-19(33)12-39(25)15-36-26/h1-4,6,8-10,15,19-20,24,27H,5,7,11-14H2,(H,43,44)(H,35,37,41)/t19-,20-,24+,27?/m1/s1. The van der Waals surface area contributed by atoms with Crippen LogP contribution < -0.4 is 5.32 Å². The highest BCUT2D eigenvalue weighted by atomic mass is 35.5. The van der Waals surface area contributed by atoms with E-state index in [-0.39, 0.29) is 32.6 Å². The number of amides is 3. The van der Waals surface area contributed by atoms with Crippen molar-refractivity contribution in [1.29, 1.82) is 0 Å². The molecule has 0 spiro atoms. The Bertz CT molecular complexity index is 1800. The molecule has 0 saturated carbocycles. The van der Waals surface area contributed by atoms with E-state index < -0.39 is 42.2 Å². The quantitative estimate of drug-likeness (QED) is 0.276. The number of likely N-dealkylation sites (tertiary alicyclic amines) is 1. The molecule has 0 radical (unpaired) electrons. The molecule has 232 valence electrons. The number of benzene rings is 2. The summed E-state index contributed by atoms with van der Waals surface area (Å²) in [6.07, 6.45) is -0.0167. The third kappa shape index (κ3) is 5.33. The van der Waals surface area contributed by atoms with E-state index in [1.165, 1.54) is 22.6 Å². The molecule has 14 heteroatoms. The number of carbonyl (C=O) groups is 3. The second-order valence-corrected chi connectivity index (χ2v) is 12.7. The highest BCUT2D eigenvalue weighted by molar-refractivity contribution is 7.13. The zero-order valence-corrected chi connectivity index (χ0v) is 25.3. The van der Waals surface area contributed by atoms with Crippen molar-refractivity contribution in [3.8, 4) is 11.1 Å². The molecule has 5 heterocycles. The number of piperidine rings is 1. The minimum atomic E-state index is -1.31. The van der Waals surface area contributed by atoms with Crippen LogP contribution in [0, 0.1) is 0 Å². The predicted molar refractivity (Wildman–Crippen MR) is 163 cm³/mol. The summed E-state index contributed by atoms with van der Waals surface area (Å²) < 4.78 is 30.8. The highest BCUT2D eigenvalue weighted by Crippen LogP contribution is 2.40. The first-order valence-electron chi connectivity index (χ1n) is 14.4. The molecule has 45 heavy (non-hydrogen) atoms. The Morgan fingerprint density at radius 3 is 2.62 bits per heavy atom. The van der Waals surface area contributed by atoms with E-state index in [1.807, 2.05) is 24.3 Å². The number of alkyl halides is 2. The van der Waals surface area contributed by atoms with Crippen molar-refractivity contribution in [1.82, 2.24) is 24.3 Å². The molecule has 0 bridgehead atoms. The largest absolute Gasteiger partial charge is 0.465 e. The van der Waals surface area contributed by atoms with Crippen LogP contribution in [-0.2, 0) is 24.3 Å². The van der Waals surface area contributed by atoms with Crippen molar-refractivity contribution in [2.75, 3.05) is 18.4 Å². The molecular weight excluding hydrogens is 626 g/mol. The van der Waals surface area contributed by atoms with Gasteiger partial charge in [0.25, 0.3) is 11.8 Å². The third-order valence-corrected chi connectivity index (χ3v) is 9.79. The van der Waals surface area contributed by atoms with Crippen molar-refractivity contribution >= 4 is 46.0 Å². The third-order valence-electron chi connectivity index (χ3n) is 8.77. The summed E-state index contributed by atoms with van der Waals surface area (Å²) >= 11 is 7.98. The molecule has 1 fully saturated rings. The van der Waals surface area contributed by atoms with Crippen molar-refractivity contribution in [3.63, 3.8) is 0 Å². The number of thiazole rings is 1. The number of carbonyl (C=O) groups excluding carboxylic acids is 2. The maximum absolute atomic E-state index is 14.9. The number of hydrogen-bond acceptors (Lipinski definition) is 6. The number of nitrogens with zero attached hydrogens (tertiary/aromatic N) is 5. The van der Waals surface area contributed by atoms with Gasteiger partial charge in [-0.15, -0.1) is 11.3 Å². The van der Waals surface area contributed by atoms with Crippen LogP contribution in [0.2, 0.25) is 5.02 Å². The first kappa shape index (κ1) is 29.4. The average Bonchev–Trinajstić information content (AvgIpc) is 3.81. The molecule has 7 rings (SSSR count). The Hall–Kier alpha value is -4.36. The zero-order chi connectivity index (χ0) is 31.4. The molecule has 2 N–H and O–H groups in total. The van der Waals surface area contributed by atoms with Crippen LogP contribution in [0.5, 0.6) is 0 Å². The molecule has 0 aliphatic carbocycles. The second-order valence-electron chi connectivity index (χ2n) is 11.4.